The molecule has 0 radical (unpaired) electrons. The zero-order chi connectivity index (χ0) is 12.2. The quantitative estimate of drug-likeness (QED) is 0.574. The lowest BCUT2D eigenvalue weighted by atomic mass is 10.1. The Labute approximate surface area is 89.4 Å². The van der Waals surface area contributed by atoms with Crippen molar-refractivity contribution in [3.05, 3.63) is 0 Å². The largest absolute Gasteiger partial charge is 0.480 e. The lowest BCUT2D eigenvalue weighted by Crippen LogP contribution is -2.46. The number of hydrogen-bond donors (Lipinski definition) is 3. The molecule has 0 aliphatic carbocycles. The van der Waals surface area contributed by atoms with Gasteiger partial charge in [-0.1, -0.05) is 13.8 Å². The zero-order valence-electron chi connectivity index (χ0n) is 8.97. The summed E-state index contributed by atoms with van der Waals surface area (Å²) >= 11 is 0. The van der Waals surface area contributed by atoms with E-state index < -0.39 is 27.3 Å². The van der Waals surface area contributed by atoms with Crippen LogP contribution in [0.5, 0.6) is 0 Å². The Morgan fingerprint density at radius 3 is 2.07 bits per heavy atom. The summed E-state index contributed by atoms with van der Waals surface area (Å²) in [5, 5.41) is 15.9. The normalized spacial score (nSPS) is 16.3. The highest BCUT2D eigenvalue weighted by Gasteiger charge is 2.30. The molecule has 0 aromatic rings. The molecule has 6 nitrogen and oxygen atoms in total. The number of carboxylic acids is 1. The number of hydrogen-bond acceptors (Lipinski definition) is 4. The molecule has 2 atom stereocenters. The van der Waals surface area contributed by atoms with Gasteiger partial charge in [-0.05, 0) is 12.8 Å². The van der Waals surface area contributed by atoms with Gasteiger partial charge in [-0.25, -0.2) is 13.1 Å². The number of aliphatic hydroxyl groups excluding tert-OH is 1. The zero-order valence-corrected chi connectivity index (χ0v) is 9.78. The molecule has 0 spiro atoms. The van der Waals surface area contributed by atoms with Crippen LogP contribution in [0.25, 0.3) is 0 Å². The van der Waals surface area contributed by atoms with Crippen molar-refractivity contribution in [2.75, 3.05) is 6.61 Å². The first-order chi connectivity index (χ1) is 6.72. The van der Waals surface area contributed by atoms with E-state index in [2.05, 4.69) is 4.72 Å². The third-order valence-electron chi connectivity index (χ3n) is 2.13. The highest BCUT2D eigenvalue weighted by atomic mass is 32.2. The molecule has 1 unspecified atom stereocenters. The summed E-state index contributed by atoms with van der Waals surface area (Å²) in [6.07, 6.45) is 0. The van der Waals surface area contributed by atoms with E-state index in [1.807, 2.05) is 0 Å². The van der Waals surface area contributed by atoms with E-state index in [1.54, 1.807) is 13.8 Å². The summed E-state index contributed by atoms with van der Waals surface area (Å²) in [4.78, 5) is 10.5. The third kappa shape index (κ3) is 4.15. The van der Waals surface area contributed by atoms with E-state index in [-0.39, 0.29) is 12.5 Å². The van der Waals surface area contributed by atoms with Crippen LogP contribution in [0.1, 0.15) is 20.8 Å². The van der Waals surface area contributed by atoms with Gasteiger partial charge < -0.3 is 10.2 Å². The lowest BCUT2D eigenvalue weighted by Gasteiger charge is -2.21. The minimum atomic E-state index is -3.93. The average molecular weight is 239 g/mol. The number of sulfonamides is 1. The van der Waals surface area contributed by atoms with Gasteiger partial charge in [0, 0.05) is 6.04 Å². The van der Waals surface area contributed by atoms with Gasteiger partial charge in [0.25, 0.3) is 0 Å². The van der Waals surface area contributed by atoms with Gasteiger partial charge in [-0.3, -0.25) is 4.79 Å². The Balaban J connectivity index is 4.70. The maximum Gasteiger partial charge on any atom is 0.323 e. The second-order valence-corrected chi connectivity index (χ2v) is 5.71. The van der Waals surface area contributed by atoms with Crippen molar-refractivity contribution < 1.29 is 23.4 Å². The second-order valence-electron chi connectivity index (χ2n) is 3.68. The molecular formula is C8H17NO5S. The summed E-state index contributed by atoms with van der Waals surface area (Å²) in [6, 6.07) is -0.656. The first kappa shape index (κ1) is 14.3. The van der Waals surface area contributed by atoms with Gasteiger partial charge in [0.15, 0.2) is 5.25 Å². The maximum atomic E-state index is 11.4. The predicted octanol–water partition coefficient (Wildman–Crippen LogP) is -0.604. The fourth-order valence-electron chi connectivity index (χ4n) is 0.830. The number of aliphatic carboxylic acids is 1. The first-order valence-electron chi connectivity index (χ1n) is 4.57. The Bertz CT molecular complexity index is 311. The molecule has 0 aliphatic heterocycles. The molecule has 0 heterocycles. The molecule has 0 saturated carbocycles. The van der Waals surface area contributed by atoms with Gasteiger partial charge in [0.2, 0.25) is 10.0 Å². The highest BCUT2D eigenvalue weighted by Crippen LogP contribution is 2.06. The molecule has 90 valence electrons. The van der Waals surface area contributed by atoms with Crippen LogP contribution in [0.4, 0.5) is 0 Å². The summed E-state index contributed by atoms with van der Waals surface area (Å²) < 4.78 is 25.1. The van der Waals surface area contributed by atoms with Crippen molar-refractivity contribution in [3.8, 4) is 0 Å². The van der Waals surface area contributed by atoms with E-state index in [9.17, 15) is 13.2 Å². The Morgan fingerprint density at radius 2 is 1.80 bits per heavy atom. The molecule has 0 amide bonds. The van der Waals surface area contributed by atoms with Gasteiger partial charge in [-0.15, -0.1) is 0 Å². The second kappa shape index (κ2) is 5.43. The van der Waals surface area contributed by atoms with Crippen molar-refractivity contribution in [1.82, 2.24) is 4.72 Å². The minimum absolute atomic E-state index is 0.106. The van der Waals surface area contributed by atoms with Gasteiger partial charge in [0.05, 0.1) is 6.61 Å². The van der Waals surface area contributed by atoms with Crippen LogP contribution < -0.4 is 4.72 Å². The average Bonchev–Trinajstić information content (AvgIpc) is 2.12. The van der Waals surface area contributed by atoms with Crippen LogP contribution in [0.3, 0.4) is 0 Å². The fraction of sp³-hybridized carbons (Fsp3) is 0.875. The molecule has 3 N–H and O–H groups in total. The van der Waals surface area contributed by atoms with Crippen LogP contribution in [0.2, 0.25) is 0 Å². The third-order valence-corrected chi connectivity index (χ3v) is 3.89. The standard InChI is InChI=1S/C8H17NO5S/c1-5(2)7(4-10)9-15(13,14)6(3)8(11)12/h5-7,9-10H,4H2,1-3H3,(H,11,12)/t6?,7-/m1/s1. The van der Waals surface area contributed by atoms with Gasteiger partial charge >= 0.3 is 5.97 Å². The number of aliphatic hydroxyl groups is 1. The van der Waals surface area contributed by atoms with Crippen LogP contribution in [-0.4, -0.2) is 42.5 Å². The van der Waals surface area contributed by atoms with E-state index in [4.69, 9.17) is 10.2 Å². The summed E-state index contributed by atoms with van der Waals surface area (Å²) in [5.74, 6) is -1.52. The molecule has 7 heteroatoms. The molecule has 15 heavy (non-hydrogen) atoms. The van der Waals surface area contributed by atoms with Gasteiger partial charge in [-0.2, -0.15) is 0 Å². The maximum absolute atomic E-state index is 11.4. The summed E-state index contributed by atoms with van der Waals surface area (Å²) in [5.41, 5.74) is 0. The molecule has 0 aliphatic rings. The highest BCUT2D eigenvalue weighted by molar-refractivity contribution is 7.90. The summed E-state index contributed by atoms with van der Waals surface area (Å²) in [7, 11) is -3.93. The topological polar surface area (TPSA) is 104 Å². The Kier molecular flexibility index (Phi) is 5.19. The van der Waals surface area contributed by atoms with Crippen molar-refractivity contribution in [2.45, 2.75) is 32.1 Å². The van der Waals surface area contributed by atoms with Crippen molar-refractivity contribution in [3.63, 3.8) is 0 Å². The molecule has 0 aromatic carbocycles. The fourth-order valence-corrected chi connectivity index (χ4v) is 2.07. The number of carboxylic acid groups (broad SMARTS) is 1. The molecule has 0 saturated heterocycles. The van der Waals surface area contributed by atoms with Crippen molar-refractivity contribution in [2.24, 2.45) is 5.92 Å². The molecule has 0 aromatic heterocycles. The van der Waals surface area contributed by atoms with Crippen LogP contribution in [0, 0.1) is 5.92 Å². The first-order valence-corrected chi connectivity index (χ1v) is 6.11. The SMILES string of the molecule is CC(C)[C@@H](CO)NS(=O)(=O)C(C)C(=O)O. The van der Waals surface area contributed by atoms with Gasteiger partial charge in [0.1, 0.15) is 0 Å². The van der Waals surface area contributed by atoms with Crippen molar-refractivity contribution >= 4 is 16.0 Å². The molecule has 0 rings (SSSR count). The minimum Gasteiger partial charge on any atom is -0.480 e. The van der Waals surface area contributed by atoms with Crippen LogP contribution in [0.15, 0.2) is 0 Å². The van der Waals surface area contributed by atoms with E-state index in [0.717, 1.165) is 6.92 Å². The Hall–Kier alpha value is -0.660. The smallest absolute Gasteiger partial charge is 0.323 e. The molecule has 0 bridgehead atoms. The van der Waals surface area contributed by atoms with Crippen LogP contribution in [-0.2, 0) is 14.8 Å². The number of rotatable bonds is 6. The Morgan fingerprint density at radius 1 is 1.33 bits per heavy atom. The molecular weight excluding hydrogens is 222 g/mol. The monoisotopic (exact) mass is 239 g/mol. The number of carbonyl (C=O) groups is 1. The number of nitrogens with one attached hydrogen (secondary N) is 1. The summed E-state index contributed by atoms with van der Waals surface area (Å²) in [6.45, 7) is 4.19. The molecule has 0 fully saturated rings. The van der Waals surface area contributed by atoms with E-state index >= 15 is 0 Å². The lowest BCUT2D eigenvalue weighted by molar-refractivity contribution is -0.136. The van der Waals surface area contributed by atoms with Crippen molar-refractivity contribution in [1.29, 1.82) is 0 Å². The van der Waals surface area contributed by atoms with E-state index in [0.29, 0.717) is 0 Å². The van der Waals surface area contributed by atoms with E-state index in [1.165, 1.54) is 0 Å². The predicted molar refractivity (Wildman–Crippen MR) is 54.9 cm³/mol. The van der Waals surface area contributed by atoms with Crippen LogP contribution >= 0.6 is 0 Å².